The molecule has 0 N–H and O–H groups in total. The highest BCUT2D eigenvalue weighted by Crippen LogP contribution is 2.28. The van der Waals surface area contributed by atoms with Crippen LogP contribution < -0.4 is 4.74 Å². The number of nitrogens with zero attached hydrogens (tertiary/aromatic N) is 1. The molecule has 1 aromatic carbocycles. The van der Waals surface area contributed by atoms with Crippen LogP contribution in [-0.2, 0) is 10.1 Å². The Kier molecular flexibility index (Phi) is 5.04. The summed E-state index contributed by atoms with van der Waals surface area (Å²) in [6, 6.07) is 4.16. The number of benzene rings is 1. The highest BCUT2D eigenvalue weighted by atomic mass is 79.9. The van der Waals surface area contributed by atoms with E-state index in [1.54, 1.807) is 6.07 Å². The number of carbonyl (C=O) groups excluding carboxylic acids is 1. The molecule has 96 valence electrons. The Labute approximate surface area is 110 Å². The Bertz CT molecular complexity index is 500. The maximum absolute atomic E-state index is 12.2. The zero-order chi connectivity index (χ0) is 13.7. The van der Waals surface area contributed by atoms with Gasteiger partial charge in [-0.15, -0.1) is 0 Å². The number of nitriles is 1. The minimum Gasteiger partial charge on any atom is -0.465 e. The molecule has 1 rings (SSSR count). The van der Waals surface area contributed by atoms with Gasteiger partial charge in [0.1, 0.15) is 11.8 Å². The first-order valence-electron chi connectivity index (χ1n) is 4.70. The van der Waals surface area contributed by atoms with E-state index in [0.717, 1.165) is 6.07 Å². The van der Waals surface area contributed by atoms with Crippen LogP contribution >= 0.6 is 15.9 Å². The minimum atomic E-state index is -3.04. The first kappa shape index (κ1) is 14.4. The fourth-order valence-corrected chi connectivity index (χ4v) is 1.97. The van der Waals surface area contributed by atoms with E-state index in [9.17, 15) is 13.6 Å². The minimum absolute atomic E-state index is 0.116. The molecule has 0 saturated heterocycles. The predicted octanol–water partition coefficient (Wildman–Crippen LogP) is 2.84. The second kappa shape index (κ2) is 6.31. The third-order valence-corrected chi connectivity index (χ3v) is 2.70. The molecule has 18 heavy (non-hydrogen) atoms. The molecule has 0 spiro atoms. The van der Waals surface area contributed by atoms with E-state index in [4.69, 9.17) is 5.26 Å². The molecule has 0 heterocycles. The van der Waals surface area contributed by atoms with Crippen molar-refractivity contribution >= 4 is 21.9 Å². The van der Waals surface area contributed by atoms with Crippen molar-refractivity contribution in [1.29, 1.82) is 5.26 Å². The molecule has 0 atom stereocenters. The van der Waals surface area contributed by atoms with Gasteiger partial charge in [-0.1, -0.05) is 15.9 Å². The number of esters is 1. The number of carbonyl (C=O) groups is 1. The van der Waals surface area contributed by atoms with Crippen molar-refractivity contribution in [2.24, 2.45) is 0 Å². The van der Waals surface area contributed by atoms with E-state index in [0.29, 0.717) is 0 Å². The molecule has 0 bridgehead atoms. The zero-order valence-electron chi connectivity index (χ0n) is 9.25. The third kappa shape index (κ3) is 2.96. The molecule has 0 fully saturated rings. The van der Waals surface area contributed by atoms with Crippen molar-refractivity contribution in [2.75, 3.05) is 7.11 Å². The topological polar surface area (TPSA) is 59.3 Å². The molecule has 0 amide bonds. The van der Waals surface area contributed by atoms with Gasteiger partial charge in [0.05, 0.1) is 18.2 Å². The van der Waals surface area contributed by atoms with Crippen LogP contribution in [0.2, 0.25) is 0 Å². The Hall–Kier alpha value is -1.68. The van der Waals surface area contributed by atoms with Crippen LogP contribution in [0.3, 0.4) is 0 Å². The summed E-state index contributed by atoms with van der Waals surface area (Å²) in [5, 5.41) is 9.11. The lowest BCUT2D eigenvalue weighted by atomic mass is 10.0. The van der Waals surface area contributed by atoms with E-state index in [1.165, 1.54) is 13.2 Å². The Balaban J connectivity index is 3.37. The smallest absolute Gasteiger partial charge is 0.387 e. The molecule has 0 aliphatic heterocycles. The first-order chi connectivity index (χ1) is 8.54. The largest absolute Gasteiger partial charge is 0.465 e. The van der Waals surface area contributed by atoms with Gasteiger partial charge in [-0.05, 0) is 17.7 Å². The average molecular weight is 320 g/mol. The number of alkyl halides is 3. The highest BCUT2D eigenvalue weighted by Gasteiger charge is 2.20. The van der Waals surface area contributed by atoms with Gasteiger partial charge in [0.25, 0.3) is 0 Å². The number of methoxy groups -OCH3 is 1. The quantitative estimate of drug-likeness (QED) is 0.632. The maximum Gasteiger partial charge on any atom is 0.387 e. The van der Waals surface area contributed by atoms with Crippen molar-refractivity contribution in [3.8, 4) is 11.8 Å². The summed E-state index contributed by atoms with van der Waals surface area (Å²) in [4.78, 5) is 11.5. The summed E-state index contributed by atoms with van der Waals surface area (Å²) >= 11 is 3.10. The van der Waals surface area contributed by atoms with E-state index < -0.39 is 12.6 Å². The van der Waals surface area contributed by atoms with Crippen LogP contribution in [0.5, 0.6) is 5.75 Å². The fraction of sp³-hybridized carbons (Fsp3) is 0.273. The summed E-state index contributed by atoms with van der Waals surface area (Å²) in [5.41, 5.74) is 0.269. The highest BCUT2D eigenvalue weighted by molar-refractivity contribution is 9.08. The van der Waals surface area contributed by atoms with Crippen molar-refractivity contribution in [1.82, 2.24) is 0 Å². The predicted molar refractivity (Wildman–Crippen MR) is 61.8 cm³/mol. The summed E-state index contributed by atoms with van der Waals surface area (Å²) in [6.07, 6.45) is 0. The van der Waals surface area contributed by atoms with Crippen molar-refractivity contribution in [3.63, 3.8) is 0 Å². The molecular formula is C11H8BrF2NO3. The molecule has 1 aromatic rings. The van der Waals surface area contributed by atoms with Crippen LogP contribution in [0.4, 0.5) is 8.78 Å². The molecule has 0 saturated carbocycles. The molecule has 7 heteroatoms. The van der Waals surface area contributed by atoms with Crippen molar-refractivity contribution < 1.29 is 23.0 Å². The average Bonchev–Trinajstić information content (AvgIpc) is 2.36. The summed E-state index contributed by atoms with van der Waals surface area (Å²) < 4.78 is 33.1. The summed E-state index contributed by atoms with van der Waals surface area (Å²) in [5.74, 6) is -0.917. The van der Waals surface area contributed by atoms with Crippen LogP contribution in [0, 0.1) is 11.3 Å². The van der Waals surface area contributed by atoms with E-state index >= 15 is 0 Å². The second-order valence-corrected chi connectivity index (χ2v) is 3.64. The van der Waals surface area contributed by atoms with Crippen LogP contribution in [0.25, 0.3) is 0 Å². The van der Waals surface area contributed by atoms with Gasteiger partial charge in [-0.3, -0.25) is 0 Å². The van der Waals surface area contributed by atoms with Gasteiger partial charge < -0.3 is 9.47 Å². The molecule has 0 radical (unpaired) electrons. The molecule has 4 nitrogen and oxygen atoms in total. The van der Waals surface area contributed by atoms with Gasteiger partial charge >= 0.3 is 12.6 Å². The van der Waals surface area contributed by atoms with Crippen molar-refractivity contribution in [2.45, 2.75) is 11.9 Å². The van der Waals surface area contributed by atoms with Crippen molar-refractivity contribution in [3.05, 3.63) is 28.8 Å². The van der Waals surface area contributed by atoms with Gasteiger partial charge in [0.2, 0.25) is 0 Å². The van der Waals surface area contributed by atoms with E-state index in [-0.39, 0.29) is 27.8 Å². The number of rotatable bonds is 4. The van der Waals surface area contributed by atoms with E-state index in [1.807, 2.05) is 0 Å². The standard InChI is InChI=1S/C11H8BrF2NO3/c1-17-10(16)6-2-3-9(18-11(13)14)8(5-15)7(6)4-12/h2-3,11H,4H2,1H3. The Morgan fingerprint density at radius 3 is 2.67 bits per heavy atom. The maximum atomic E-state index is 12.2. The molecular weight excluding hydrogens is 312 g/mol. The molecule has 0 aliphatic carbocycles. The van der Waals surface area contributed by atoms with E-state index in [2.05, 4.69) is 25.4 Å². The number of hydrogen-bond acceptors (Lipinski definition) is 4. The number of halogens is 3. The second-order valence-electron chi connectivity index (χ2n) is 3.08. The lowest BCUT2D eigenvalue weighted by Crippen LogP contribution is -2.10. The molecule has 0 aromatic heterocycles. The normalized spacial score (nSPS) is 10.0. The van der Waals surface area contributed by atoms with Crippen LogP contribution in [0.1, 0.15) is 21.5 Å². The first-order valence-corrected chi connectivity index (χ1v) is 5.82. The molecule has 0 unspecified atom stereocenters. The summed E-state index contributed by atoms with van der Waals surface area (Å²) in [7, 11) is 1.19. The van der Waals surface area contributed by atoms with Crippen LogP contribution in [-0.4, -0.2) is 19.7 Å². The van der Waals surface area contributed by atoms with Gasteiger partial charge in [-0.25, -0.2) is 4.79 Å². The third-order valence-electron chi connectivity index (χ3n) is 2.14. The monoisotopic (exact) mass is 319 g/mol. The zero-order valence-corrected chi connectivity index (χ0v) is 10.8. The SMILES string of the molecule is COC(=O)c1ccc(OC(F)F)c(C#N)c1CBr. The summed E-state index contributed by atoms with van der Waals surface area (Å²) in [6.45, 7) is -3.04. The number of ether oxygens (including phenoxy) is 2. The van der Waals surface area contributed by atoms with Gasteiger partial charge in [-0.2, -0.15) is 14.0 Å². The van der Waals surface area contributed by atoms with Gasteiger partial charge in [0.15, 0.2) is 0 Å². The molecule has 0 aliphatic rings. The number of hydrogen-bond donors (Lipinski definition) is 0. The van der Waals surface area contributed by atoms with Gasteiger partial charge in [0, 0.05) is 5.33 Å². The fourth-order valence-electron chi connectivity index (χ4n) is 1.38. The lowest BCUT2D eigenvalue weighted by molar-refractivity contribution is -0.0500. The Morgan fingerprint density at radius 2 is 2.22 bits per heavy atom. The lowest BCUT2D eigenvalue weighted by Gasteiger charge is -2.12. The Morgan fingerprint density at radius 1 is 1.56 bits per heavy atom. The van der Waals surface area contributed by atoms with Crippen LogP contribution in [0.15, 0.2) is 12.1 Å².